The van der Waals surface area contributed by atoms with Crippen molar-refractivity contribution in [1.29, 1.82) is 5.26 Å². The average Bonchev–Trinajstić information content (AvgIpc) is 2.89. The largest absolute Gasteiger partial charge is 0.383 e. The summed E-state index contributed by atoms with van der Waals surface area (Å²) in [6.45, 7) is 3.23. The molecule has 2 aliphatic rings. The maximum Gasteiger partial charge on any atom is 0.236 e. The number of nitrogens with zero attached hydrogens (tertiary/aromatic N) is 5. The number of nitrogens with one attached hydrogen (secondary N) is 1. The molecule has 0 radical (unpaired) electrons. The lowest BCUT2D eigenvalue weighted by Gasteiger charge is -2.42. The topological polar surface area (TPSA) is 126 Å². The van der Waals surface area contributed by atoms with Crippen molar-refractivity contribution in [3.63, 3.8) is 0 Å². The fourth-order valence-corrected chi connectivity index (χ4v) is 3.55. The summed E-state index contributed by atoms with van der Waals surface area (Å²) in [6.07, 6.45) is -0.139. The van der Waals surface area contributed by atoms with Gasteiger partial charge in [0.1, 0.15) is 30.5 Å². The zero-order valence-corrected chi connectivity index (χ0v) is 14.3. The van der Waals surface area contributed by atoms with Crippen LogP contribution in [0.4, 0.5) is 11.6 Å². The molecule has 2 aliphatic heterocycles. The van der Waals surface area contributed by atoms with E-state index in [-0.39, 0.29) is 18.4 Å². The number of aromatic nitrogens is 2. The van der Waals surface area contributed by atoms with Crippen molar-refractivity contribution in [1.82, 2.24) is 14.9 Å². The van der Waals surface area contributed by atoms with Gasteiger partial charge >= 0.3 is 0 Å². The minimum absolute atomic E-state index is 0.0136. The number of carbonyl (C=O) groups excluding carboxylic acids is 1. The molecule has 1 saturated heterocycles. The highest BCUT2D eigenvalue weighted by molar-refractivity contribution is 5.78. The van der Waals surface area contributed by atoms with Gasteiger partial charge in [-0.15, -0.1) is 0 Å². The van der Waals surface area contributed by atoms with Crippen molar-refractivity contribution < 1.29 is 15.0 Å². The molecule has 2 unspecified atom stereocenters. The summed E-state index contributed by atoms with van der Waals surface area (Å²) in [5, 5.41) is 31.5. The van der Waals surface area contributed by atoms with Gasteiger partial charge in [-0.25, -0.2) is 9.97 Å². The molecule has 4 atom stereocenters. The van der Waals surface area contributed by atoms with Gasteiger partial charge in [-0.2, -0.15) is 5.26 Å². The van der Waals surface area contributed by atoms with Crippen molar-refractivity contribution in [3.8, 4) is 6.07 Å². The molecule has 1 aromatic heterocycles. The third-order valence-corrected chi connectivity index (χ3v) is 5.08. The maximum absolute atomic E-state index is 12.1. The van der Waals surface area contributed by atoms with Crippen molar-refractivity contribution in [2.24, 2.45) is 5.92 Å². The van der Waals surface area contributed by atoms with Gasteiger partial charge in [0.2, 0.25) is 5.91 Å². The van der Waals surface area contributed by atoms with Crippen molar-refractivity contribution >= 4 is 17.5 Å². The Bertz CT molecular complexity index is 706. The molecule has 9 nitrogen and oxygen atoms in total. The molecule has 1 amide bonds. The Hall–Kier alpha value is -2.44. The number of piperidine rings is 1. The molecular formula is C16H22N6O3. The number of nitriles is 1. The summed E-state index contributed by atoms with van der Waals surface area (Å²) >= 11 is 0. The Morgan fingerprint density at radius 2 is 2.28 bits per heavy atom. The van der Waals surface area contributed by atoms with E-state index in [1.54, 1.807) is 4.90 Å². The SMILES string of the molecule is C[C@@H]1CCN(C(=O)CC#N)C[C@@H]1N(C)c1ncnc2c1C(O)C(O)N2. The van der Waals surface area contributed by atoms with Crippen molar-refractivity contribution in [2.75, 3.05) is 30.4 Å². The summed E-state index contributed by atoms with van der Waals surface area (Å²) in [7, 11) is 1.86. The number of likely N-dealkylation sites (tertiary alicyclic amines) is 1. The molecule has 1 aromatic rings. The molecule has 1 fully saturated rings. The second-order valence-corrected chi connectivity index (χ2v) is 6.61. The van der Waals surface area contributed by atoms with Gasteiger partial charge in [-0.3, -0.25) is 4.79 Å². The lowest BCUT2D eigenvalue weighted by molar-refractivity contribution is -0.131. The van der Waals surface area contributed by atoms with Gasteiger partial charge in [0, 0.05) is 20.1 Å². The molecule has 0 bridgehead atoms. The number of likely N-dealkylation sites (N-methyl/N-ethyl adjacent to an activating group) is 1. The van der Waals surface area contributed by atoms with Gasteiger partial charge in [0.05, 0.1) is 17.7 Å². The first-order valence-electron chi connectivity index (χ1n) is 8.29. The van der Waals surface area contributed by atoms with E-state index in [9.17, 15) is 15.0 Å². The number of hydrogen-bond donors (Lipinski definition) is 3. The first-order valence-corrected chi connectivity index (χ1v) is 8.29. The van der Waals surface area contributed by atoms with Crippen molar-refractivity contribution in [2.45, 2.75) is 38.1 Å². The Balaban J connectivity index is 1.86. The monoisotopic (exact) mass is 346 g/mol. The lowest BCUT2D eigenvalue weighted by atomic mass is 9.91. The third-order valence-electron chi connectivity index (χ3n) is 5.08. The van der Waals surface area contributed by atoms with E-state index < -0.39 is 12.3 Å². The van der Waals surface area contributed by atoms with E-state index in [4.69, 9.17) is 5.26 Å². The van der Waals surface area contributed by atoms with Crippen LogP contribution in [0.25, 0.3) is 0 Å². The second kappa shape index (κ2) is 6.82. The summed E-state index contributed by atoms with van der Waals surface area (Å²) in [6, 6.07) is 1.89. The van der Waals surface area contributed by atoms with Crippen molar-refractivity contribution in [3.05, 3.63) is 11.9 Å². The van der Waals surface area contributed by atoms with Crippen LogP contribution in [-0.2, 0) is 4.79 Å². The minimum Gasteiger partial charge on any atom is -0.383 e. The quantitative estimate of drug-likeness (QED) is 0.689. The second-order valence-electron chi connectivity index (χ2n) is 6.61. The Labute approximate surface area is 145 Å². The zero-order chi connectivity index (χ0) is 18.1. The highest BCUT2D eigenvalue weighted by Crippen LogP contribution is 2.38. The van der Waals surface area contributed by atoms with Gasteiger partial charge in [-0.1, -0.05) is 6.92 Å². The Morgan fingerprint density at radius 3 is 3.00 bits per heavy atom. The van der Waals surface area contributed by atoms with Gasteiger partial charge < -0.3 is 25.3 Å². The molecule has 0 aliphatic carbocycles. The van der Waals surface area contributed by atoms with Gasteiger partial charge in [-0.05, 0) is 12.3 Å². The maximum atomic E-state index is 12.1. The van der Waals surface area contributed by atoms with Gasteiger partial charge in [0.25, 0.3) is 0 Å². The molecule has 3 rings (SSSR count). The predicted octanol–water partition coefficient (Wildman–Crippen LogP) is -0.159. The third kappa shape index (κ3) is 3.10. The molecule has 0 aromatic carbocycles. The number of anilines is 2. The van der Waals surface area contributed by atoms with E-state index in [1.807, 2.05) is 18.0 Å². The standard InChI is InChI=1S/C16H22N6O3/c1-9-4-6-22(11(23)3-5-17)7-10(9)21(2)15-12-13(24)16(25)20-14(12)18-8-19-15/h8-10,13,16,24-25H,3-4,6-7H2,1-2H3,(H,18,19,20)/t9-,10+,13?,16?/m1/s1. The van der Waals surface area contributed by atoms with Crippen LogP contribution in [-0.4, -0.2) is 63.4 Å². The molecule has 0 saturated carbocycles. The summed E-state index contributed by atoms with van der Waals surface area (Å²) < 4.78 is 0. The molecule has 3 N–H and O–H groups in total. The Morgan fingerprint density at radius 1 is 1.52 bits per heavy atom. The fourth-order valence-electron chi connectivity index (χ4n) is 3.55. The molecule has 9 heteroatoms. The van der Waals surface area contributed by atoms with Crippen LogP contribution in [0.3, 0.4) is 0 Å². The lowest BCUT2D eigenvalue weighted by Crippen LogP contribution is -2.53. The number of amides is 1. The van der Waals surface area contributed by atoms with E-state index in [0.29, 0.717) is 36.2 Å². The van der Waals surface area contributed by atoms with E-state index in [0.717, 1.165) is 6.42 Å². The van der Waals surface area contributed by atoms with Crippen LogP contribution in [0.15, 0.2) is 6.33 Å². The highest BCUT2D eigenvalue weighted by atomic mass is 16.3. The molecule has 0 spiro atoms. The van der Waals surface area contributed by atoms with E-state index in [2.05, 4.69) is 22.2 Å². The molecule has 134 valence electrons. The van der Waals surface area contributed by atoms with E-state index in [1.165, 1.54) is 6.33 Å². The van der Waals surface area contributed by atoms with Crippen LogP contribution in [0.2, 0.25) is 0 Å². The first kappa shape index (κ1) is 17.4. The molecular weight excluding hydrogens is 324 g/mol. The average molecular weight is 346 g/mol. The normalized spacial score (nSPS) is 28.0. The van der Waals surface area contributed by atoms with Crippen LogP contribution in [0.5, 0.6) is 0 Å². The van der Waals surface area contributed by atoms with E-state index >= 15 is 0 Å². The van der Waals surface area contributed by atoms with Crippen LogP contribution in [0, 0.1) is 17.2 Å². The number of rotatable bonds is 3. The number of hydrogen-bond acceptors (Lipinski definition) is 8. The number of fused-ring (bicyclic) bond motifs is 1. The van der Waals surface area contributed by atoms with Crippen LogP contribution >= 0.6 is 0 Å². The smallest absolute Gasteiger partial charge is 0.236 e. The fraction of sp³-hybridized carbons (Fsp3) is 0.625. The summed E-state index contributed by atoms with van der Waals surface area (Å²) in [4.78, 5) is 24.1. The summed E-state index contributed by atoms with van der Waals surface area (Å²) in [5.41, 5.74) is 0.463. The highest BCUT2D eigenvalue weighted by Gasteiger charge is 2.38. The number of aliphatic hydroxyl groups is 2. The van der Waals surface area contributed by atoms with Gasteiger partial charge in [0.15, 0.2) is 6.23 Å². The van der Waals surface area contributed by atoms with Crippen LogP contribution in [0.1, 0.15) is 31.4 Å². The minimum atomic E-state index is -1.11. The number of aliphatic hydroxyl groups excluding tert-OH is 2. The first-order chi connectivity index (χ1) is 11.9. The zero-order valence-electron chi connectivity index (χ0n) is 14.3. The molecule has 25 heavy (non-hydrogen) atoms. The predicted molar refractivity (Wildman–Crippen MR) is 89.4 cm³/mol. The van der Waals surface area contributed by atoms with Crippen LogP contribution < -0.4 is 10.2 Å². The summed E-state index contributed by atoms with van der Waals surface area (Å²) in [5.74, 6) is 1.08. The number of carbonyl (C=O) groups is 1. The Kier molecular flexibility index (Phi) is 4.74. The molecule has 3 heterocycles.